The van der Waals surface area contributed by atoms with Crippen molar-refractivity contribution in [3.8, 4) is 5.82 Å². The van der Waals surface area contributed by atoms with E-state index in [-0.39, 0.29) is 44.0 Å². The Morgan fingerprint density at radius 1 is 1.06 bits per heavy atom. The first-order valence-corrected chi connectivity index (χ1v) is 11.3. The van der Waals surface area contributed by atoms with E-state index in [1.165, 1.54) is 7.11 Å². The summed E-state index contributed by atoms with van der Waals surface area (Å²) >= 11 is 13.6. The van der Waals surface area contributed by atoms with Crippen LogP contribution in [-0.2, 0) is 37.5 Å². The summed E-state index contributed by atoms with van der Waals surface area (Å²) < 4.78 is 4.18. The van der Waals surface area contributed by atoms with E-state index in [0.717, 1.165) is 0 Å². The third-order valence-electron chi connectivity index (χ3n) is 3.76. The molecule has 13 heteroatoms. The fourth-order valence-corrected chi connectivity index (χ4v) is 4.73. The molecule has 0 aliphatic carbocycles. The van der Waals surface area contributed by atoms with E-state index in [2.05, 4.69) is 89.9 Å². The Hall–Kier alpha value is -0.466. The zero-order valence-electron chi connectivity index (χ0n) is 15.7. The molecule has 159 valence electrons. The fraction of sp³-hybridized carbons (Fsp3) is 0.0556. The normalized spacial score (nSPS) is 10.4. The van der Waals surface area contributed by atoms with Crippen molar-refractivity contribution in [2.45, 2.75) is 0 Å². The molecule has 2 aromatic heterocycles. The molecular weight excluding hydrogens is 743 g/mol. The number of anilines is 1. The van der Waals surface area contributed by atoms with Crippen LogP contribution < -0.4 is 10.7 Å². The number of pyridine rings is 1. The molecule has 8 nitrogen and oxygen atoms in total. The molecule has 0 aliphatic heterocycles. The third kappa shape index (κ3) is 6.53. The number of amides is 2. The topological polar surface area (TPSA) is 99.4 Å². The van der Waals surface area contributed by atoms with Crippen molar-refractivity contribution in [1.29, 1.82) is 0 Å². The van der Waals surface area contributed by atoms with Gasteiger partial charge in [0, 0.05) is 65.6 Å². The van der Waals surface area contributed by atoms with Gasteiger partial charge in [-0.05, 0) is 78.1 Å². The molecule has 0 fully saturated rings. The number of hydrogen-bond donors (Lipinski definition) is 2. The zero-order chi connectivity index (χ0) is 21.8. The van der Waals surface area contributed by atoms with Crippen LogP contribution in [0.3, 0.4) is 0 Å². The number of hydrogen-bond acceptors (Lipinski definition) is 4. The number of carbonyl (C=O) groups is 2. The van der Waals surface area contributed by atoms with Gasteiger partial charge < -0.3 is 21.2 Å². The molecule has 3 rings (SSSR count). The van der Waals surface area contributed by atoms with E-state index in [1.807, 2.05) is 6.07 Å². The standard InChI is InChI=1S/C18H12Br4N5O3.Y/c1-30-26-25-17(28)11-5-9(19)6-13(22)15(11)24-18(29)14-7-10(20)8-27(14)16-12(21)3-2-4-23-16;/h2-8H,1H3,(H2,24,25,28,29);/q-1;. The SMILES string of the molecule is CO[N-]NC(=O)c1cc(Br)cc(Br)c1NC(=O)c1cc(Br)cn1-c1ncccc1Br.[Y]. The quantitative estimate of drug-likeness (QED) is 0.314. The molecule has 2 N–H and O–H groups in total. The second-order valence-corrected chi connectivity index (χ2v) is 9.24. The van der Waals surface area contributed by atoms with Crippen LogP contribution in [0.2, 0.25) is 0 Å². The Morgan fingerprint density at radius 2 is 1.81 bits per heavy atom. The molecule has 0 saturated carbocycles. The largest absolute Gasteiger partial charge is 0.470 e. The van der Waals surface area contributed by atoms with Crippen LogP contribution in [0.5, 0.6) is 0 Å². The van der Waals surface area contributed by atoms with Crippen LogP contribution in [0.25, 0.3) is 11.4 Å². The summed E-state index contributed by atoms with van der Waals surface area (Å²) in [6.45, 7) is 0. The Bertz CT molecular complexity index is 1130. The second-order valence-electron chi connectivity index (χ2n) is 5.70. The van der Waals surface area contributed by atoms with Gasteiger partial charge in [0.2, 0.25) is 5.91 Å². The van der Waals surface area contributed by atoms with Crippen molar-refractivity contribution in [1.82, 2.24) is 15.0 Å². The van der Waals surface area contributed by atoms with E-state index in [0.29, 0.717) is 29.4 Å². The van der Waals surface area contributed by atoms with Crippen molar-refractivity contribution >= 4 is 81.2 Å². The molecule has 0 spiro atoms. The molecule has 2 heterocycles. The van der Waals surface area contributed by atoms with Crippen LogP contribution in [0.15, 0.2) is 60.6 Å². The van der Waals surface area contributed by atoms with E-state index in [4.69, 9.17) is 0 Å². The van der Waals surface area contributed by atoms with E-state index >= 15 is 0 Å². The Balaban J connectivity index is 0.00000341. The van der Waals surface area contributed by atoms with Gasteiger partial charge in [-0.15, -0.1) is 0 Å². The molecule has 1 radical (unpaired) electrons. The van der Waals surface area contributed by atoms with Gasteiger partial charge in [0.25, 0.3) is 5.91 Å². The molecule has 31 heavy (non-hydrogen) atoms. The van der Waals surface area contributed by atoms with Crippen LogP contribution in [0.4, 0.5) is 5.69 Å². The maximum Gasteiger partial charge on any atom is 0.272 e. The molecule has 2 amide bonds. The summed E-state index contributed by atoms with van der Waals surface area (Å²) in [5, 5.41) is 2.79. The van der Waals surface area contributed by atoms with Crippen LogP contribution >= 0.6 is 63.7 Å². The molecule has 0 unspecified atom stereocenters. The Morgan fingerprint density at radius 3 is 2.48 bits per heavy atom. The van der Waals surface area contributed by atoms with E-state index < -0.39 is 11.8 Å². The minimum Gasteiger partial charge on any atom is -0.470 e. The van der Waals surface area contributed by atoms with E-state index in [9.17, 15) is 9.59 Å². The van der Waals surface area contributed by atoms with Crippen molar-refractivity contribution in [3.63, 3.8) is 0 Å². The predicted molar refractivity (Wildman–Crippen MR) is 127 cm³/mol. The minimum absolute atomic E-state index is 0. The molecule has 0 aliphatic rings. The average Bonchev–Trinajstić information content (AvgIpc) is 3.09. The molecule has 0 atom stereocenters. The zero-order valence-corrected chi connectivity index (χ0v) is 24.9. The summed E-state index contributed by atoms with van der Waals surface area (Å²) in [4.78, 5) is 34.5. The second kappa shape index (κ2) is 12.1. The maximum absolute atomic E-state index is 13.2. The molecule has 0 saturated heterocycles. The molecule has 0 bridgehead atoms. The van der Waals surface area contributed by atoms with Gasteiger partial charge in [0.05, 0.1) is 15.7 Å². The molecule has 1 aromatic carbocycles. The minimum atomic E-state index is -0.557. The summed E-state index contributed by atoms with van der Waals surface area (Å²) in [7, 11) is 1.31. The van der Waals surface area contributed by atoms with Gasteiger partial charge >= 0.3 is 0 Å². The van der Waals surface area contributed by atoms with Crippen molar-refractivity contribution in [2.75, 3.05) is 12.4 Å². The van der Waals surface area contributed by atoms with Gasteiger partial charge in [0.1, 0.15) is 5.69 Å². The number of benzene rings is 1. The fourth-order valence-electron chi connectivity index (χ4n) is 2.54. The van der Waals surface area contributed by atoms with Crippen LogP contribution in [0, 0.1) is 0 Å². The van der Waals surface area contributed by atoms with Crippen molar-refractivity contribution in [3.05, 3.63) is 77.5 Å². The maximum atomic E-state index is 13.2. The smallest absolute Gasteiger partial charge is 0.272 e. The third-order valence-corrected chi connectivity index (χ3v) is 5.90. The average molecular weight is 755 g/mol. The van der Waals surface area contributed by atoms with E-state index in [1.54, 1.807) is 41.2 Å². The monoisotopic (exact) mass is 751 g/mol. The summed E-state index contributed by atoms with van der Waals surface area (Å²) in [5.74, 6) is -0.461. The van der Waals surface area contributed by atoms with Crippen LogP contribution in [-0.4, -0.2) is 28.5 Å². The van der Waals surface area contributed by atoms with Crippen molar-refractivity contribution < 1.29 is 47.1 Å². The summed E-state index contributed by atoms with van der Waals surface area (Å²) in [6.07, 6.45) is 3.35. The van der Waals surface area contributed by atoms with Crippen molar-refractivity contribution in [2.24, 2.45) is 0 Å². The number of halogens is 4. The first-order chi connectivity index (χ1) is 14.3. The van der Waals surface area contributed by atoms with Gasteiger partial charge in [-0.3, -0.25) is 14.2 Å². The summed E-state index contributed by atoms with van der Waals surface area (Å²) in [6, 6.07) is 8.53. The van der Waals surface area contributed by atoms with Gasteiger partial charge in [0.15, 0.2) is 5.82 Å². The number of aromatic nitrogens is 2. The molecule has 3 aromatic rings. The number of nitrogens with one attached hydrogen (secondary N) is 2. The van der Waals surface area contributed by atoms with Gasteiger partial charge in [-0.1, -0.05) is 15.9 Å². The van der Waals surface area contributed by atoms with Gasteiger partial charge in [-0.2, -0.15) is 0 Å². The number of carbonyl (C=O) groups excluding carboxylic acids is 2. The Labute approximate surface area is 236 Å². The van der Waals surface area contributed by atoms with Crippen LogP contribution in [0.1, 0.15) is 20.8 Å². The first kappa shape index (κ1) is 26.8. The van der Waals surface area contributed by atoms with Gasteiger partial charge in [-0.25, -0.2) is 4.98 Å². The Kier molecular flexibility index (Phi) is 10.5. The number of nitrogens with zero attached hydrogens (tertiary/aromatic N) is 3. The number of rotatable bonds is 6. The summed E-state index contributed by atoms with van der Waals surface area (Å²) in [5.41, 5.74) is 6.40. The first-order valence-electron chi connectivity index (χ1n) is 8.14. The molecular formula is C18H12Br4N5O3Y-. The predicted octanol–water partition coefficient (Wildman–Crippen LogP) is 5.75.